The quantitative estimate of drug-likeness (QED) is 0.582. The first-order chi connectivity index (χ1) is 15.5. The van der Waals surface area contributed by atoms with Crippen LogP contribution in [0.15, 0.2) is 41.4 Å². The minimum absolute atomic E-state index is 0.0981. The van der Waals surface area contributed by atoms with Gasteiger partial charge in [0.05, 0.1) is 11.9 Å². The van der Waals surface area contributed by atoms with Crippen molar-refractivity contribution in [3.8, 4) is 17.2 Å². The summed E-state index contributed by atoms with van der Waals surface area (Å²) in [5.74, 6) is -0.401. The molecular weight excluding hydrogens is 451 g/mol. The molecular formula is C22H23FN4O5S. The summed E-state index contributed by atoms with van der Waals surface area (Å²) < 4.78 is 50.5. The van der Waals surface area contributed by atoms with Crippen molar-refractivity contribution in [1.29, 1.82) is 0 Å². The number of aromatic nitrogens is 3. The second-order valence-corrected chi connectivity index (χ2v) is 10.5. The number of carbonyl (C=O) groups is 1. The van der Waals surface area contributed by atoms with Gasteiger partial charge in [-0.15, -0.1) is 5.10 Å². The van der Waals surface area contributed by atoms with Crippen LogP contribution in [-0.2, 0) is 23.3 Å². The van der Waals surface area contributed by atoms with Crippen molar-refractivity contribution in [3.63, 3.8) is 0 Å². The van der Waals surface area contributed by atoms with Crippen molar-refractivity contribution in [2.45, 2.75) is 37.7 Å². The van der Waals surface area contributed by atoms with Gasteiger partial charge >= 0.3 is 0 Å². The molecule has 0 fully saturated rings. The van der Waals surface area contributed by atoms with Gasteiger partial charge in [-0.25, -0.2) is 12.8 Å². The van der Waals surface area contributed by atoms with E-state index in [1.165, 1.54) is 36.1 Å². The van der Waals surface area contributed by atoms with Crippen LogP contribution in [0.4, 0.5) is 10.2 Å². The van der Waals surface area contributed by atoms with E-state index >= 15 is 0 Å². The molecule has 9 nitrogen and oxygen atoms in total. The highest BCUT2D eigenvalue weighted by Crippen LogP contribution is 2.43. The number of aryl methyl sites for hydroxylation is 1. The zero-order chi connectivity index (χ0) is 24.0. The smallest absolute Gasteiger partial charge is 0.257 e. The third-order valence-electron chi connectivity index (χ3n) is 5.11. The predicted octanol–water partition coefficient (Wildman–Crippen LogP) is 3.51. The molecule has 0 spiro atoms. The van der Waals surface area contributed by atoms with E-state index in [2.05, 4.69) is 15.5 Å². The van der Waals surface area contributed by atoms with E-state index in [0.29, 0.717) is 17.9 Å². The Morgan fingerprint density at radius 3 is 2.70 bits per heavy atom. The van der Waals surface area contributed by atoms with Crippen molar-refractivity contribution in [2.75, 3.05) is 11.1 Å². The predicted molar refractivity (Wildman–Crippen MR) is 118 cm³/mol. The molecule has 0 bridgehead atoms. The average molecular weight is 475 g/mol. The Bertz CT molecular complexity index is 1350. The standard InChI is InChI=1S/C22H23FN4O5S/c1-5-33(29,30)19-7-6-14(10-16(19)23)31-17-8-13(9-18-15(17)11-22(2,3)32-18)21(28)25-20-12-24-27(4)26-20/h6-10,12H,5,11H2,1-4H3,(H,25,26,28). The molecule has 1 aromatic heterocycles. The molecule has 0 atom stereocenters. The Balaban J connectivity index is 1.69. The number of nitrogens with zero attached hydrogens (tertiary/aromatic N) is 3. The van der Waals surface area contributed by atoms with E-state index in [0.717, 1.165) is 11.6 Å². The number of amides is 1. The molecule has 0 saturated heterocycles. The average Bonchev–Trinajstić information content (AvgIpc) is 3.28. The fourth-order valence-corrected chi connectivity index (χ4v) is 4.48. The van der Waals surface area contributed by atoms with Crippen LogP contribution < -0.4 is 14.8 Å². The highest BCUT2D eigenvalue weighted by Gasteiger charge is 2.34. The zero-order valence-corrected chi connectivity index (χ0v) is 19.4. The van der Waals surface area contributed by atoms with E-state index in [1.54, 1.807) is 13.1 Å². The maximum absolute atomic E-state index is 14.5. The maximum Gasteiger partial charge on any atom is 0.257 e. The molecule has 1 N–H and O–H groups in total. The first kappa shape index (κ1) is 22.7. The second-order valence-electron chi connectivity index (χ2n) is 8.26. The number of anilines is 1. The maximum atomic E-state index is 14.5. The fraction of sp³-hybridized carbons (Fsp3) is 0.318. The summed E-state index contributed by atoms with van der Waals surface area (Å²) in [4.78, 5) is 13.7. The van der Waals surface area contributed by atoms with Crippen LogP contribution in [0.3, 0.4) is 0 Å². The van der Waals surface area contributed by atoms with Gasteiger partial charge in [-0.05, 0) is 38.1 Å². The number of rotatable bonds is 6. The van der Waals surface area contributed by atoms with Crippen LogP contribution in [0.1, 0.15) is 36.7 Å². The molecule has 4 rings (SSSR count). The molecule has 33 heavy (non-hydrogen) atoms. The van der Waals surface area contributed by atoms with Gasteiger partial charge in [0.15, 0.2) is 15.7 Å². The summed E-state index contributed by atoms with van der Waals surface area (Å²) in [5.41, 5.74) is 0.449. The summed E-state index contributed by atoms with van der Waals surface area (Å²) >= 11 is 0. The number of nitrogens with one attached hydrogen (secondary N) is 1. The topological polar surface area (TPSA) is 112 Å². The number of halogens is 1. The monoisotopic (exact) mass is 474 g/mol. The van der Waals surface area contributed by atoms with Crippen LogP contribution >= 0.6 is 0 Å². The molecule has 174 valence electrons. The zero-order valence-electron chi connectivity index (χ0n) is 18.5. The van der Waals surface area contributed by atoms with Crippen LogP contribution in [0.5, 0.6) is 17.2 Å². The van der Waals surface area contributed by atoms with Crippen molar-refractivity contribution < 1.29 is 27.1 Å². The number of sulfone groups is 1. The third-order valence-corrected chi connectivity index (χ3v) is 6.87. The number of carbonyl (C=O) groups excluding carboxylic acids is 1. The fourth-order valence-electron chi connectivity index (χ4n) is 3.54. The number of ether oxygens (including phenoxy) is 2. The molecule has 3 aromatic rings. The number of hydrogen-bond acceptors (Lipinski definition) is 7. The lowest BCUT2D eigenvalue weighted by Crippen LogP contribution is -2.24. The van der Waals surface area contributed by atoms with Gasteiger partial charge in [-0.3, -0.25) is 4.79 Å². The summed E-state index contributed by atoms with van der Waals surface area (Å²) in [5, 5.41) is 10.6. The third kappa shape index (κ3) is 4.68. The van der Waals surface area contributed by atoms with Crippen molar-refractivity contribution >= 4 is 21.6 Å². The summed E-state index contributed by atoms with van der Waals surface area (Å²) in [6.45, 7) is 5.25. The summed E-state index contributed by atoms with van der Waals surface area (Å²) in [6.07, 6.45) is 1.92. The Morgan fingerprint density at radius 1 is 1.30 bits per heavy atom. The Labute approximate surface area is 190 Å². The van der Waals surface area contributed by atoms with Crippen molar-refractivity contribution in [2.24, 2.45) is 7.05 Å². The Kier molecular flexibility index (Phi) is 5.61. The largest absolute Gasteiger partial charge is 0.487 e. The van der Waals surface area contributed by atoms with Crippen LogP contribution in [0, 0.1) is 5.82 Å². The summed E-state index contributed by atoms with van der Waals surface area (Å²) in [7, 11) is -2.08. The van der Waals surface area contributed by atoms with Crippen molar-refractivity contribution in [3.05, 3.63) is 53.5 Å². The lowest BCUT2D eigenvalue weighted by molar-refractivity contribution is 0.102. The first-order valence-corrected chi connectivity index (χ1v) is 11.9. The van der Waals surface area contributed by atoms with Gasteiger partial charge in [0.1, 0.15) is 33.6 Å². The normalized spacial score (nSPS) is 14.5. The Morgan fingerprint density at radius 2 is 2.06 bits per heavy atom. The summed E-state index contributed by atoms with van der Waals surface area (Å²) in [6, 6.07) is 6.71. The van der Waals surface area contributed by atoms with Crippen LogP contribution in [0.2, 0.25) is 0 Å². The number of hydrogen-bond donors (Lipinski definition) is 1. The molecule has 2 aromatic carbocycles. The molecule has 0 radical (unpaired) electrons. The lowest BCUT2D eigenvalue weighted by atomic mass is 9.99. The minimum atomic E-state index is -3.71. The van der Waals surface area contributed by atoms with E-state index < -0.39 is 27.2 Å². The highest BCUT2D eigenvalue weighted by molar-refractivity contribution is 7.91. The van der Waals surface area contributed by atoms with Gasteiger partial charge < -0.3 is 14.8 Å². The van der Waals surface area contributed by atoms with Crippen LogP contribution in [-0.4, -0.2) is 40.7 Å². The Hall–Kier alpha value is -3.47. The first-order valence-electron chi connectivity index (χ1n) is 10.2. The molecule has 0 saturated carbocycles. The second kappa shape index (κ2) is 8.14. The van der Waals surface area contributed by atoms with E-state index in [-0.39, 0.29) is 27.8 Å². The molecule has 11 heteroatoms. The molecule has 0 unspecified atom stereocenters. The number of benzene rings is 2. The highest BCUT2D eigenvalue weighted by atomic mass is 32.2. The lowest BCUT2D eigenvalue weighted by Gasteiger charge is -2.16. The van der Waals surface area contributed by atoms with E-state index in [4.69, 9.17) is 9.47 Å². The number of fused-ring (bicyclic) bond motifs is 1. The van der Waals surface area contributed by atoms with E-state index in [1.807, 2.05) is 13.8 Å². The van der Waals surface area contributed by atoms with E-state index in [9.17, 15) is 17.6 Å². The molecule has 1 amide bonds. The SMILES string of the molecule is CCS(=O)(=O)c1ccc(Oc2cc(C(=O)Nc3cnn(C)n3)cc3c2CC(C)(C)O3)cc1F. The molecule has 2 heterocycles. The van der Waals surface area contributed by atoms with Crippen molar-refractivity contribution in [1.82, 2.24) is 15.0 Å². The molecule has 0 aliphatic carbocycles. The van der Waals surface area contributed by atoms with Gasteiger partial charge in [-0.1, -0.05) is 6.92 Å². The minimum Gasteiger partial charge on any atom is -0.487 e. The van der Waals surface area contributed by atoms with Gasteiger partial charge in [0.25, 0.3) is 5.91 Å². The van der Waals surface area contributed by atoms with Gasteiger partial charge in [0.2, 0.25) is 0 Å². The molecule has 1 aliphatic rings. The van der Waals surface area contributed by atoms with Crippen LogP contribution in [0.25, 0.3) is 0 Å². The van der Waals surface area contributed by atoms with Gasteiger partial charge in [0, 0.05) is 30.7 Å². The molecule has 1 aliphatic heterocycles. The van der Waals surface area contributed by atoms with Gasteiger partial charge in [-0.2, -0.15) is 9.90 Å².